The lowest BCUT2D eigenvalue weighted by atomic mass is 10.1. The summed E-state index contributed by atoms with van der Waals surface area (Å²) in [5.41, 5.74) is 0. The van der Waals surface area contributed by atoms with Crippen LogP contribution in [0.1, 0.15) is 51.9 Å². The zero-order valence-electron chi connectivity index (χ0n) is 18.5. The predicted octanol–water partition coefficient (Wildman–Crippen LogP) is 2.17. The Morgan fingerprint density at radius 2 is 1.83 bits per heavy atom. The van der Waals surface area contributed by atoms with Crippen LogP contribution in [0.3, 0.4) is 0 Å². The molecule has 172 valence electrons. The third-order valence-corrected chi connectivity index (χ3v) is 9.63. The van der Waals surface area contributed by atoms with E-state index in [0.717, 1.165) is 77.4 Å². The van der Waals surface area contributed by atoms with E-state index >= 15 is 0 Å². The SMILES string of the molecule is CCCON1C(N2CCNCC2)CCCS1(CCO)OCCCN1CCCCC1. The Morgan fingerprint density at radius 3 is 2.55 bits per heavy atom. The number of aliphatic hydroxyl groups is 1. The zero-order valence-corrected chi connectivity index (χ0v) is 19.3. The summed E-state index contributed by atoms with van der Waals surface area (Å²) in [5, 5.41) is 13.4. The molecular weight excluding hydrogens is 388 g/mol. The standard InChI is InChI=1S/C21H44N4O3S/c1-2-17-27-25-21(24-14-9-22-10-15-24)8-6-19-29(25,20-16-26)28-18-7-13-23-11-4-3-5-12-23/h21-22,26H,2-20H2,1H3. The van der Waals surface area contributed by atoms with Crippen molar-refractivity contribution < 1.29 is 14.1 Å². The zero-order chi connectivity index (χ0) is 20.4. The van der Waals surface area contributed by atoms with Gasteiger partial charge in [-0.1, -0.05) is 23.8 Å². The molecule has 2 unspecified atom stereocenters. The van der Waals surface area contributed by atoms with Crippen molar-refractivity contribution in [2.75, 3.05) is 77.1 Å². The highest BCUT2D eigenvalue weighted by Gasteiger charge is 2.43. The molecule has 0 spiro atoms. The molecule has 0 aromatic heterocycles. The largest absolute Gasteiger partial charge is 0.395 e. The molecule has 7 nitrogen and oxygen atoms in total. The van der Waals surface area contributed by atoms with Crippen LogP contribution in [0.5, 0.6) is 0 Å². The summed E-state index contributed by atoms with van der Waals surface area (Å²) in [5.74, 6) is 1.71. The van der Waals surface area contributed by atoms with E-state index in [9.17, 15) is 5.11 Å². The van der Waals surface area contributed by atoms with E-state index in [0.29, 0.717) is 5.75 Å². The Morgan fingerprint density at radius 1 is 1.03 bits per heavy atom. The molecule has 0 amide bonds. The number of rotatable bonds is 11. The van der Waals surface area contributed by atoms with Crippen molar-refractivity contribution >= 4 is 10.5 Å². The lowest BCUT2D eigenvalue weighted by Gasteiger charge is -2.55. The summed E-state index contributed by atoms with van der Waals surface area (Å²) < 4.78 is 8.93. The first kappa shape index (κ1) is 23.7. The monoisotopic (exact) mass is 432 g/mol. The lowest BCUT2D eigenvalue weighted by molar-refractivity contribution is -0.161. The van der Waals surface area contributed by atoms with Gasteiger partial charge in [0.05, 0.1) is 26.0 Å². The van der Waals surface area contributed by atoms with Crippen LogP contribution in [0, 0.1) is 0 Å². The molecule has 3 aliphatic heterocycles. The molecule has 3 heterocycles. The summed E-state index contributed by atoms with van der Waals surface area (Å²) in [4.78, 5) is 11.5. The van der Waals surface area contributed by atoms with Gasteiger partial charge in [0.15, 0.2) is 0 Å². The number of hydrogen-bond donors (Lipinski definition) is 2. The highest BCUT2D eigenvalue weighted by Crippen LogP contribution is 2.58. The molecule has 8 heteroatoms. The molecule has 3 aliphatic rings. The number of hydrogen-bond acceptors (Lipinski definition) is 7. The smallest absolute Gasteiger partial charge is 0.0991 e. The van der Waals surface area contributed by atoms with Gasteiger partial charge in [0.2, 0.25) is 0 Å². The average molecular weight is 433 g/mol. The molecule has 0 radical (unpaired) electrons. The number of likely N-dealkylation sites (tertiary alicyclic amines) is 1. The van der Waals surface area contributed by atoms with E-state index in [1.165, 1.54) is 32.4 Å². The van der Waals surface area contributed by atoms with Gasteiger partial charge in [-0.25, -0.2) is 0 Å². The maximum atomic E-state index is 9.91. The molecule has 2 N–H and O–H groups in total. The highest BCUT2D eigenvalue weighted by atomic mass is 32.3. The van der Waals surface area contributed by atoms with Gasteiger partial charge in [0, 0.05) is 44.2 Å². The first-order valence-electron chi connectivity index (χ1n) is 11.9. The lowest BCUT2D eigenvalue weighted by Crippen LogP contribution is -2.58. The van der Waals surface area contributed by atoms with Crippen molar-refractivity contribution in [3.05, 3.63) is 0 Å². The molecular formula is C21H44N4O3S. The topological polar surface area (TPSA) is 60.4 Å². The quantitative estimate of drug-likeness (QED) is 0.485. The molecule has 3 saturated heterocycles. The molecule has 0 aromatic rings. The third-order valence-electron chi connectivity index (χ3n) is 6.27. The summed E-state index contributed by atoms with van der Waals surface area (Å²) in [6.45, 7) is 11.6. The van der Waals surface area contributed by atoms with Gasteiger partial charge < -0.3 is 19.5 Å². The van der Waals surface area contributed by atoms with E-state index in [2.05, 4.69) is 26.5 Å². The van der Waals surface area contributed by atoms with Crippen LogP contribution in [-0.2, 0) is 9.02 Å². The van der Waals surface area contributed by atoms with Crippen LogP contribution in [0.2, 0.25) is 0 Å². The van der Waals surface area contributed by atoms with E-state index in [1.54, 1.807) is 0 Å². The summed E-state index contributed by atoms with van der Waals surface area (Å²) in [6.07, 6.45) is 8.68. The van der Waals surface area contributed by atoms with Crippen molar-refractivity contribution in [2.45, 2.75) is 58.0 Å². The normalized spacial score (nSPS) is 32.8. The second-order valence-electron chi connectivity index (χ2n) is 8.51. The van der Waals surface area contributed by atoms with E-state index in [1.807, 2.05) is 0 Å². The van der Waals surface area contributed by atoms with Crippen LogP contribution in [-0.4, -0.2) is 103 Å². The van der Waals surface area contributed by atoms with Crippen molar-refractivity contribution in [3.8, 4) is 0 Å². The number of piperazine rings is 1. The Labute approximate surface area is 179 Å². The fourth-order valence-electron chi connectivity index (χ4n) is 4.76. The first-order chi connectivity index (χ1) is 14.3. The van der Waals surface area contributed by atoms with Crippen molar-refractivity contribution in [1.82, 2.24) is 19.6 Å². The highest BCUT2D eigenvalue weighted by molar-refractivity contribution is 8.27. The minimum absolute atomic E-state index is 0.168. The van der Waals surface area contributed by atoms with Gasteiger partial charge >= 0.3 is 0 Å². The molecule has 0 bridgehead atoms. The first-order valence-corrected chi connectivity index (χ1v) is 13.8. The van der Waals surface area contributed by atoms with Crippen LogP contribution >= 0.6 is 10.5 Å². The van der Waals surface area contributed by atoms with Gasteiger partial charge in [0.1, 0.15) is 0 Å². The summed E-state index contributed by atoms with van der Waals surface area (Å²) in [7, 11) is -1.58. The molecule has 29 heavy (non-hydrogen) atoms. The molecule has 3 fully saturated rings. The van der Waals surface area contributed by atoms with Crippen LogP contribution in [0.15, 0.2) is 0 Å². The Bertz CT molecular complexity index is 446. The number of nitrogens with zero attached hydrogens (tertiary/aromatic N) is 3. The van der Waals surface area contributed by atoms with Gasteiger partial charge in [0.25, 0.3) is 0 Å². The van der Waals surface area contributed by atoms with E-state index in [-0.39, 0.29) is 12.8 Å². The van der Waals surface area contributed by atoms with Crippen molar-refractivity contribution in [1.29, 1.82) is 0 Å². The van der Waals surface area contributed by atoms with Crippen molar-refractivity contribution in [3.63, 3.8) is 0 Å². The predicted molar refractivity (Wildman–Crippen MR) is 121 cm³/mol. The van der Waals surface area contributed by atoms with Gasteiger partial charge in [-0.2, -0.15) is 0 Å². The minimum atomic E-state index is -1.58. The third kappa shape index (κ3) is 6.77. The average Bonchev–Trinajstić information content (AvgIpc) is 2.77. The summed E-state index contributed by atoms with van der Waals surface area (Å²) >= 11 is 0. The number of aliphatic hydroxyl groups excluding tert-OH is 1. The van der Waals surface area contributed by atoms with Crippen molar-refractivity contribution in [2.24, 2.45) is 0 Å². The summed E-state index contributed by atoms with van der Waals surface area (Å²) in [6, 6.07) is 0. The molecule has 0 aromatic carbocycles. The maximum Gasteiger partial charge on any atom is 0.0991 e. The van der Waals surface area contributed by atoms with Crippen LogP contribution < -0.4 is 5.32 Å². The fraction of sp³-hybridized carbons (Fsp3) is 1.00. The Balaban J connectivity index is 1.62. The number of nitrogens with one attached hydrogen (secondary N) is 1. The Hall–Kier alpha value is 0.0700. The molecule has 0 aliphatic carbocycles. The van der Waals surface area contributed by atoms with Crippen LogP contribution in [0.4, 0.5) is 0 Å². The minimum Gasteiger partial charge on any atom is -0.395 e. The second-order valence-corrected chi connectivity index (χ2v) is 11.5. The van der Waals surface area contributed by atoms with E-state index in [4.69, 9.17) is 9.02 Å². The van der Waals surface area contributed by atoms with Crippen LogP contribution in [0.25, 0.3) is 0 Å². The van der Waals surface area contributed by atoms with Gasteiger partial charge in [-0.3, -0.25) is 9.74 Å². The van der Waals surface area contributed by atoms with Gasteiger partial charge in [-0.15, -0.1) is 4.47 Å². The molecule has 0 saturated carbocycles. The number of piperidine rings is 1. The van der Waals surface area contributed by atoms with E-state index < -0.39 is 10.5 Å². The molecule has 2 atom stereocenters. The fourth-order valence-corrected chi connectivity index (χ4v) is 7.94. The number of hydroxylamine groups is 1. The molecule has 3 rings (SSSR count). The van der Waals surface area contributed by atoms with Gasteiger partial charge in [-0.05, 0) is 51.6 Å². The second kappa shape index (κ2) is 12.8. The maximum absolute atomic E-state index is 9.91. The Kier molecular flexibility index (Phi) is 10.5.